The summed E-state index contributed by atoms with van der Waals surface area (Å²) in [4.78, 5) is 28.9. The van der Waals surface area contributed by atoms with E-state index in [4.69, 9.17) is 0 Å². The monoisotopic (exact) mass is 355 g/mol. The van der Waals surface area contributed by atoms with Gasteiger partial charge in [0.15, 0.2) is 0 Å². The van der Waals surface area contributed by atoms with E-state index in [0.29, 0.717) is 11.3 Å². The van der Waals surface area contributed by atoms with Crippen molar-refractivity contribution in [1.82, 2.24) is 9.55 Å². The first-order chi connectivity index (χ1) is 12.4. The molecule has 1 amide bonds. The number of rotatable bonds is 4. The predicted molar refractivity (Wildman–Crippen MR) is 93.7 cm³/mol. The van der Waals surface area contributed by atoms with Crippen LogP contribution in [0, 0.1) is 18.6 Å². The average Bonchev–Trinajstić information content (AvgIpc) is 2.58. The van der Waals surface area contributed by atoms with Crippen molar-refractivity contribution in [3.8, 4) is 11.4 Å². The highest BCUT2D eigenvalue weighted by atomic mass is 19.1. The van der Waals surface area contributed by atoms with E-state index in [9.17, 15) is 18.4 Å². The highest BCUT2D eigenvalue weighted by molar-refractivity contribution is 5.90. The fraction of sp³-hybridized carbons (Fsp3) is 0.105. The predicted octanol–water partition coefficient (Wildman–Crippen LogP) is 3.14. The minimum Gasteiger partial charge on any atom is -0.324 e. The van der Waals surface area contributed by atoms with E-state index in [1.54, 1.807) is 6.92 Å². The summed E-state index contributed by atoms with van der Waals surface area (Å²) in [6.07, 6.45) is 0. The molecule has 0 saturated carbocycles. The molecule has 3 aromatic rings. The van der Waals surface area contributed by atoms with Gasteiger partial charge in [-0.15, -0.1) is 0 Å². The molecule has 0 aliphatic carbocycles. The lowest BCUT2D eigenvalue weighted by atomic mass is 10.2. The summed E-state index contributed by atoms with van der Waals surface area (Å²) in [6.45, 7) is 1.35. The van der Waals surface area contributed by atoms with Gasteiger partial charge in [0.05, 0.1) is 0 Å². The molecule has 0 radical (unpaired) electrons. The molecular weight excluding hydrogens is 340 g/mol. The number of nitrogens with zero attached hydrogens (tertiary/aromatic N) is 2. The van der Waals surface area contributed by atoms with Crippen molar-refractivity contribution >= 4 is 11.6 Å². The second-order valence-electron chi connectivity index (χ2n) is 5.71. The summed E-state index contributed by atoms with van der Waals surface area (Å²) >= 11 is 0. The van der Waals surface area contributed by atoms with E-state index < -0.39 is 23.1 Å². The van der Waals surface area contributed by atoms with Gasteiger partial charge >= 0.3 is 0 Å². The van der Waals surface area contributed by atoms with Gasteiger partial charge in [0.25, 0.3) is 5.56 Å². The lowest BCUT2D eigenvalue weighted by Gasteiger charge is -2.13. The molecule has 132 valence electrons. The van der Waals surface area contributed by atoms with Gasteiger partial charge in [-0.1, -0.05) is 6.07 Å². The lowest BCUT2D eigenvalue weighted by molar-refractivity contribution is -0.116. The number of carbonyl (C=O) groups excluding carboxylic acids is 1. The molecule has 2 aromatic carbocycles. The minimum atomic E-state index is -0.508. The van der Waals surface area contributed by atoms with E-state index >= 15 is 0 Å². The number of aryl methyl sites for hydroxylation is 1. The Balaban J connectivity index is 1.93. The molecule has 1 heterocycles. The molecule has 26 heavy (non-hydrogen) atoms. The number of halogens is 2. The number of aromatic nitrogens is 2. The standard InChI is InChI=1S/C19H15F2N3O2/c1-12-9-18(26)24(19(22-12)13-5-7-14(20)8-6-13)11-17(25)23-16-4-2-3-15(21)10-16/h2-10H,11H2,1H3,(H,23,25). The summed E-state index contributed by atoms with van der Waals surface area (Å²) in [6, 6.07) is 12.2. The number of anilines is 1. The Morgan fingerprint density at radius 1 is 1.08 bits per heavy atom. The zero-order valence-corrected chi connectivity index (χ0v) is 13.9. The normalized spacial score (nSPS) is 10.6. The summed E-state index contributed by atoms with van der Waals surface area (Å²) in [5, 5.41) is 2.53. The first-order valence-corrected chi connectivity index (χ1v) is 7.82. The van der Waals surface area contributed by atoms with E-state index in [-0.39, 0.29) is 18.1 Å². The minimum absolute atomic E-state index is 0.254. The van der Waals surface area contributed by atoms with Gasteiger partial charge in [0.2, 0.25) is 5.91 Å². The van der Waals surface area contributed by atoms with E-state index in [0.717, 1.165) is 0 Å². The Morgan fingerprint density at radius 2 is 1.81 bits per heavy atom. The van der Waals surface area contributed by atoms with Crippen molar-refractivity contribution in [3.05, 3.63) is 82.3 Å². The van der Waals surface area contributed by atoms with Gasteiger partial charge in [-0.3, -0.25) is 14.2 Å². The smallest absolute Gasteiger partial charge is 0.254 e. The van der Waals surface area contributed by atoms with E-state index in [2.05, 4.69) is 10.3 Å². The van der Waals surface area contributed by atoms with Crippen LogP contribution >= 0.6 is 0 Å². The number of benzene rings is 2. The first kappa shape index (κ1) is 17.5. The molecule has 0 atom stereocenters. The maximum atomic E-state index is 13.2. The molecular formula is C19H15F2N3O2. The van der Waals surface area contributed by atoms with Gasteiger partial charge in [-0.25, -0.2) is 13.8 Å². The average molecular weight is 355 g/mol. The third-order valence-corrected chi connectivity index (χ3v) is 3.65. The van der Waals surface area contributed by atoms with Gasteiger partial charge in [0, 0.05) is 23.0 Å². The van der Waals surface area contributed by atoms with Crippen LogP contribution in [0.5, 0.6) is 0 Å². The van der Waals surface area contributed by atoms with Crippen LogP contribution in [0.4, 0.5) is 14.5 Å². The van der Waals surface area contributed by atoms with Crippen molar-refractivity contribution in [2.45, 2.75) is 13.5 Å². The Morgan fingerprint density at radius 3 is 2.50 bits per heavy atom. The molecule has 0 saturated heterocycles. The fourth-order valence-electron chi connectivity index (χ4n) is 2.50. The molecule has 1 aromatic heterocycles. The topological polar surface area (TPSA) is 64.0 Å². The lowest BCUT2D eigenvalue weighted by Crippen LogP contribution is -2.29. The molecule has 3 rings (SSSR count). The number of carbonyl (C=O) groups is 1. The van der Waals surface area contributed by atoms with Crippen LogP contribution < -0.4 is 10.9 Å². The number of hydrogen-bond donors (Lipinski definition) is 1. The van der Waals surface area contributed by atoms with Crippen LogP contribution in [0.15, 0.2) is 59.4 Å². The first-order valence-electron chi connectivity index (χ1n) is 7.82. The number of nitrogens with one attached hydrogen (secondary N) is 1. The second kappa shape index (κ2) is 7.26. The molecule has 7 heteroatoms. The quantitative estimate of drug-likeness (QED) is 0.782. The molecule has 0 fully saturated rings. The molecule has 1 N–H and O–H groups in total. The third-order valence-electron chi connectivity index (χ3n) is 3.65. The Hall–Kier alpha value is -3.35. The maximum absolute atomic E-state index is 13.2. The van der Waals surface area contributed by atoms with Gasteiger partial charge in [-0.2, -0.15) is 0 Å². The SMILES string of the molecule is Cc1cc(=O)n(CC(=O)Nc2cccc(F)c2)c(-c2ccc(F)cc2)n1. The van der Waals surface area contributed by atoms with E-state index in [1.165, 1.54) is 59.2 Å². The molecule has 0 aliphatic rings. The highest BCUT2D eigenvalue weighted by Gasteiger charge is 2.13. The molecule has 5 nitrogen and oxygen atoms in total. The molecule has 0 aliphatic heterocycles. The van der Waals surface area contributed by atoms with Crippen LogP contribution in [0.2, 0.25) is 0 Å². The Labute approximate surface area is 147 Å². The Bertz CT molecular complexity index is 1010. The van der Waals surface area contributed by atoms with Crippen molar-refractivity contribution in [2.75, 3.05) is 5.32 Å². The van der Waals surface area contributed by atoms with Crippen LogP contribution in [0.1, 0.15) is 5.69 Å². The zero-order chi connectivity index (χ0) is 18.7. The van der Waals surface area contributed by atoms with Crippen molar-refractivity contribution < 1.29 is 13.6 Å². The van der Waals surface area contributed by atoms with Crippen molar-refractivity contribution in [1.29, 1.82) is 0 Å². The van der Waals surface area contributed by atoms with Crippen LogP contribution in [-0.2, 0) is 11.3 Å². The van der Waals surface area contributed by atoms with Crippen LogP contribution in [0.25, 0.3) is 11.4 Å². The zero-order valence-electron chi connectivity index (χ0n) is 13.9. The summed E-state index contributed by atoms with van der Waals surface area (Å²) < 4.78 is 27.6. The van der Waals surface area contributed by atoms with Gasteiger partial charge < -0.3 is 5.32 Å². The fourth-order valence-corrected chi connectivity index (χ4v) is 2.50. The van der Waals surface area contributed by atoms with Crippen LogP contribution in [0.3, 0.4) is 0 Å². The molecule has 0 unspecified atom stereocenters. The maximum Gasteiger partial charge on any atom is 0.254 e. The van der Waals surface area contributed by atoms with Crippen LogP contribution in [-0.4, -0.2) is 15.5 Å². The third kappa shape index (κ3) is 4.00. The molecule has 0 bridgehead atoms. The van der Waals surface area contributed by atoms with Crippen molar-refractivity contribution in [2.24, 2.45) is 0 Å². The largest absolute Gasteiger partial charge is 0.324 e. The van der Waals surface area contributed by atoms with Gasteiger partial charge in [0.1, 0.15) is 24.0 Å². The van der Waals surface area contributed by atoms with E-state index in [1.807, 2.05) is 0 Å². The summed E-state index contributed by atoms with van der Waals surface area (Å²) in [7, 11) is 0. The second-order valence-corrected chi connectivity index (χ2v) is 5.71. The highest BCUT2D eigenvalue weighted by Crippen LogP contribution is 2.17. The number of amides is 1. The van der Waals surface area contributed by atoms with Crippen molar-refractivity contribution in [3.63, 3.8) is 0 Å². The summed E-state index contributed by atoms with van der Waals surface area (Å²) in [5.74, 6) is -1.15. The summed E-state index contributed by atoms with van der Waals surface area (Å²) in [5.41, 5.74) is 0.861. The van der Waals surface area contributed by atoms with Gasteiger partial charge in [-0.05, 0) is 49.4 Å². The Kier molecular flexibility index (Phi) is 4.88. The molecule has 0 spiro atoms. The number of hydrogen-bond acceptors (Lipinski definition) is 3.